The number of aliphatic hydroxyl groups excluding tert-OH is 1. The Bertz CT molecular complexity index is 860. The average Bonchev–Trinajstić information content (AvgIpc) is 2.72. The van der Waals surface area contributed by atoms with E-state index in [0.29, 0.717) is 11.1 Å². The second-order valence-electron chi connectivity index (χ2n) is 6.75. The van der Waals surface area contributed by atoms with Gasteiger partial charge in [0.1, 0.15) is 0 Å². The molecule has 0 radical (unpaired) electrons. The van der Waals surface area contributed by atoms with E-state index >= 15 is 0 Å². The maximum absolute atomic E-state index is 12.5. The van der Waals surface area contributed by atoms with Crippen LogP contribution in [0.5, 0.6) is 11.5 Å². The number of hydrogen-bond donors (Lipinski definition) is 1. The Morgan fingerprint density at radius 1 is 1.14 bits per heavy atom. The minimum absolute atomic E-state index is 0.0897. The quantitative estimate of drug-likeness (QED) is 0.556. The van der Waals surface area contributed by atoms with Crippen LogP contribution in [0.1, 0.15) is 28.8 Å². The molecule has 1 fully saturated rings. The number of halogens is 2. The minimum Gasteiger partial charge on any atom is -0.493 e. The van der Waals surface area contributed by atoms with Gasteiger partial charge in [0.2, 0.25) is 0 Å². The van der Waals surface area contributed by atoms with Crippen LogP contribution in [0.3, 0.4) is 0 Å². The maximum Gasteiger partial charge on any atom is 0.387 e. The van der Waals surface area contributed by atoms with E-state index in [2.05, 4.69) is 9.64 Å². The molecule has 1 N–H and O–H groups in total. The van der Waals surface area contributed by atoms with Crippen molar-refractivity contribution in [2.45, 2.75) is 25.6 Å². The van der Waals surface area contributed by atoms with Crippen molar-refractivity contribution in [1.82, 2.24) is 0 Å². The summed E-state index contributed by atoms with van der Waals surface area (Å²) in [7, 11) is 1.36. The highest BCUT2D eigenvalue weighted by Crippen LogP contribution is 2.30. The Morgan fingerprint density at radius 3 is 2.45 bits per heavy atom. The first-order chi connectivity index (χ1) is 14.0. The van der Waals surface area contributed by atoms with Crippen molar-refractivity contribution in [2.75, 3.05) is 25.1 Å². The van der Waals surface area contributed by atoms with Crippen molar-refractivity contribution >= 4 is 17.5 Å². The number of piperidine rings is 1. The molecule has 0 aromatic heterocycles. The molecule has 2 aromatic carbocycles. The van der Waals surface area contributed by atoms with Crippen LogP contribution in [0.4, 0.5) is 14.5 Å². The van der Waals surface area contributed by atoms with Gasteiger partial charge in [-0.3, -0.25) is 4.79 Å². The smallest absolute Gasteiger partial charge is 0.387 e. The summed E-state index contributed by atoms with van der Waals surface area (Å²) in [6, 6.07) is 11.8. The van der Waals surface area contributed by atoms with Crippen molar-refractivity contribution in [3.63, 3.8) is 0 Å². The zero-order valence-electron chi connectivity index (χ0n) is 16.1. The lowest BCUT2D eigenvalue weighted by Crippen LogP contribution is -2.35. The highest BCUT2D eigenvalue weighted by atomic mass is 19.3. The SMILES string of the molecule is COc1ccc(C=CC(=O)c2ccc(N3CCC(O)CC3)cc2)cc1OC(F)F. The molecule has 5 nitrogen and oxygen atoms in total. The van der Waals surface area contributed by atoms with Crippen molar-refractivity contribution < 1.29 is 28.2 Å². The molecule has 0 spiro atoms. The summed E-state index contributed by atoms with van der Waals surface area (Å²) < 4.78 is 34.5. The Balaban J connectivity index is 1.67. The standard InChI is InChI=1S/C22H23F2NO4/c1-28-20-9-3-15(14-21(20)29-22(23)24)2-8-19(27)16-4-6-17(7-5-16)25-12-10-18(26)11-13-25/h2-9,14,18,22,26H,10-13H2,1H3. The molecule has 1 aliphatic heterocycles. The fourth-order valence-corrected chi connectivity index (χ4v) is 3.21. The summed E-state index contributed by atoms with van der Waals surface area (Å²) in [6.45, 7) is -1.39. The predicted molar refractivity (Wildman–Crippen MR) is 107 cm³/mol. The lowest BCUT2D eigenvalue weighted by Gasteiger charge is -2.31. The van der Waals surface area contributed by atoms with Gasteiger partial charge in [-0.1, -0.05) is 12.1 Å². The van der Waals surface area contributed by atoms with Gasteiger partial charge in [0.25, 0.3) is 0 Å². The number of aliphatic hydroxyl groups is 1. The summed E-state index contributed by atoms with van der Waals surface area (Å²) in [5.74, 6) is -0.0968. The first-order valence-corrected chi connectivity index (χ1v) is 9.34. The van der Waals surface area contributed by atoms with Crippen LogP contribution in [0, 0.1) is 0 Å². The molecule has 29 heavy (non-hydrogen) atoms. The van der Waals surface area contributed by atoms with Gasteiger partial charge in [0, 0.05) is 24.3 Å². The van der Waals surface area contributed by atoms with Crippen LogP contribution in [-0.4, -0.2) is 43.8 Å². The molecule has 1 heterocycles. The van der Waals surface area contributed by atoms with Crippen LogP contribution in [0.2, 0.25) is 0 Å². The number of ketones is 1. The molecule has 0 atom stereocenters. The first-order valence-electron chi connectivity index (χ1n) is 9.34. The van der Waals surface area contributed by atoms with E-state index in [-0.39, 0.29) is 23.4 Å². The van der Waals surface area contributed by atoms with E-state index in [1.165, 1.54) is 25.3 Å². The molecule has 0 bridgehead atoms. The number of anilines is 1. The third-order valence-corrected chi connectivity index (χ3v) is 4.81. The summed E-state index contributed by atoms with van der Waals surface area (Å²) in [4.78, 5) is 14.6. The number of hydrogen-bond acceptors (Lipinski definition) is 5. The average molecular weight is 403 g/mol. The molecule has 154 valence electrons. The van der Waals surface area contributed by atoms with Gasteiger partial charge in [0.15, 0.2) is 17.3 Å². The lowest BCUT2D eigenvalue weighted by molar-refractivity contribution is -0.0512. The zero-order chi connectivity index (χ0) is 20.8. The van der Waals surface area contributed by atoms with Crippen LogP contribution in [-0.2, 0) is 0 Å². The van der Waals surface area contributed by atoms with E-state index in [1.807, 2.05) is 12.1 Å². The highest BCUT2D eigenvalue weighted by Gasteiger charge is 2.17. The Kier molecular flexibility index (Phi) is 6.82. The van der Waals surface area contributed by atoms with Crippen LogP contribution < -0.4 is 14.4 Å². The molecule has 0 aliphatic carbocycles. The summed E-state index contributed by atoms with van der Waals surface area (Å²) in [5, 5.41) is 9.60. The van der Waals surface area contributed by atoms with E-state index in [4.69, 9.17) is 4.74 Å². The van der Waals surface area contributed by atoms with Crippen molar-refractivity contribution in [1.29, 1.82) is 0 Å². The van der Waals surface area contributed by atoms with Gasteiger partial charge in [-0.2, -0.15) is 8.78 Å². The monoisotopic (exact) mass is 403 g/mol. The molecular weight excluding hydrogens is 380 g/mol. The molecule has 0 saturated carbocycles. The van der Waals surface area contributed by atoms with Gasteiger partial charge in [-0.05, 0) is 60.9 Å². The van der Waals surface area contributed by atoms with Crippen LogP contribution in [0.25, 0.3) is 6.08 Å². The fraction of sp³-hybridized carbons (Fsp3) is 0.318. The number of benzene rings is 2. The largest absolute Gasteiger partial charge is 0.493 e. The number of carbonyl (C=O) groups is 1. The van der Waals surface area contributed by atoms with Gasteiger partial charge in [-0.15, -0.1) is 0 Å². The highest BCUT2D eigenvalue weighted by molar-refractivity contribution is 6.07. The molecule has 0 amide bonds. The number of rotatable bonds is 7. The molecule has 1 aliphatic rings. The molecular formula is C22H23F2NO4. The van der Waals surface area contributed by atoms with E-state index in [1.54, 1.807) is 24.3 Å². The Hall–Kier alpha value is -2.93. The number of allylic oxidation sites excluding steroid dienone is 1. The maximum atomic E-state index is 12.5. The number of methoxy groups -OCH3 is 1. The summed E-state index contributed by atoms with van der Waals surface area (Å²) in [5.41, 5.74) is 2.08. The third kappa shape index (κ3) is 5.54. The van der Waals surface area contributed by atoms with Gasteiger partial charge >= 0.3 is 6.61 Å². The van der Waals surface area contributed by atoms with Gasteiger partial charge in [0.05, 0.1) is 13.2 Å². The van der Waals surface area contributed by atoms with Gasteiger partial charge in [-0.25, -0.2) is 0 Å². The predicted octanol–water partition coefficient (Wildman–Crippen LogP) is 4.15. The Labute approximate surface area is 168 Å². The van der Waals surface area contributed by atoms with Gasteiger partial charge < -0.3 is 19.5 Å². The van der Waals surface area contributed by atoms with E-state index in [0.717, 1.165) is 31.6 Å². The second-order valence-corrected chi connectivity index (χ2v) is 6.75. The number of carbonyl (C=O) groups excluding carboxylic acids is 1. The van der Waals surface area contributed by atoms with Crippen molar-refractivity contribution in [3.05, 3.63) is 59.7 Å². The summed E-state index contributed by atoms with van der Waals surface area (Å²) >= 11 is 0. The molecule has 7 heteroatoms. The number of nitrogens with zero attached hydrogens (tertiary/aromatic N) is 1. The minimum atomic E-state index is -2.97. The molecule has 0 unspecified atom stereocenters. The zero-order valence-corrected chi connectivity index (χ0v) is 16.1. The normalized spacial score (nSPS) is 15.1. The fourth-order valence-electron chi connectivity index (χ4n) is 3.21. The molecule has 2 aromatic rings. The molecule has 3 rings (SSSR count). The third-order valence-electron chi connectivity index (χ3n) is 4.81. The van der Waals surface area contributed by atoms with Crippen LogP contribution >= 0.6 is 0 Å². The number of alkyl halides is 2. The van der Waals surface area contributed by atoms with Crippen molar-refractivity contribution in [3.8, 4) is 11.5 Å². The van der Waals surface area contributed by atoms with Crippen molar-refractivity contribution in [2.24, 2.45) is 0 Å². The summed E-state index contributed by atoms with van der Waals surface area (Å²) in [6.07, 6.45) is 4.17. The topological polar surface area (TPSA) is 59.0 Å². The lowest BCUT2D eigenvalue weighted by atomic mass is 10.1. The van der Waals surface area contributed by atoms with E-state index < -0.39 is 6.61 Å². The Morgan fingerprint density at radius 2 is 1.83 bits per heavy atom. The molecule has 1 saturated heterocycles. The van der Waals surface area contributed by atoms with Crippen LogP contribution in [0.15, 0.2) is 48.5 Å². The first kappa shape index (κ1) is 20.8. The van der Waals surface area contributed by atoms with E-state index in [9.17, 15) is 18.7 Å². The second kappa shape index (κ2) is 9.52. The number of ether oxygens (including phenoxy) is 2.